The predicted molar refractivity (Wildman–Crippen MR) is 399 cm³/mol. The molecule has 2 unspecified atom stereocenters. The molecular weight excluding hydrogens is 1150 g/mol. The number of quaternary nitrogens is 1. The molecule has 0 radical (unpaired) electrons. The van der Waals surface area contributed by atoms with Gasteiger partial charge in [0.2, 0.25) is 0 Å². The van der Waals surface area contributed by atoms with Crippen molar-refractivity contribution in [1.29, 1.82) is 0 Å². The van der Waals surface area contributed by atoms with Crippen LogP contribution in [0.25, 0.3) is 0 Å². The number of unbranched alkanes of at least 4 members (excludes halogenated alkanes) is 51. The highest BCUT2D eigenvalue weighted by atomic mass is 16.7. The van der Waals surface area contributed by atoms with Crippen LogP contribution in [0.2, 0.25) is 0 Å². The number of allylic oxidation sites excluding steroid dienone is 10. The number of aliphatic carboxylic acids is 1. The highest BCUT2D eigenvalue weighted by molar-refractivity contribution is 5.70. The SMILES string of the molecule is CC/C=C\C/C=C\C/C=C\C/C=C\CCCCCCCCCCCCCCCCCCCCCCC(=O)OC(COC(=O)CCCCCCCCCCCCCCCCCCCCCCCCC/C=C\CCCCCCCCCC)COC(OCC[N+](C)(C)C)C(=O)[O-]. The molecule has 0 aromatic carbocycles. The Labute approximate surface area is 577 Å². The summed E-state index contributed by atoms with van der Waals surface area (Å²) in [5, 5.41) is 11.9. The molecule has 0 heterocycles. The van der Waals surface area contributed by atoms with Crippen molar-refractivity contribution >= 4 is 17.9 Å². The molecule has 0 aromatic rings. The van der Waals surface area contributed by atoms with E-state index in [0.717, 1.165) is 57.8 Å². The van der Waals surface area contributed by atoms with Gasteiger partial charge >= 0.3 is 11.9 Å². The van der Waals surface area contributed by atoms with Crippen LogP contribution in [0.3, 0.4) is 0 Å². The first-order valence-corrected chi connectivity index (χ1v) is 40.4. The van der Waals surface area contributed by atoms with Crippen LogP contribution in [0.4, 0.5) is 0 Å². The van der Waals surface area contributed by atoms with Gasteiger partial charge in [-0.15, -0.1) is 0 Å². The lowest BCUT2D eigenvalue weighted by atomic mass is 10.0. The molecule has 0 N–H and O–H groups in total. The molecule has 544 valence electrons. The van der Waals surface area contributed by atoms with Crippen LogP contribution in [-0.4, -0.2) is 82.3 Å². The Hall–Kier alpha value is -3.01. The predicted octanol–water partition coefficient (Wildman–Crippen LogP) is 24.5. The van der Waals surface area contributed by atoms with Gasteiger partial charge in [-0.2, -0.15) is 0 Å². The number of hydrogen-bond acceptors (Lipinski definition) is 8. The van der Waals surface area contributed by atoms with E-state index in [-0.39, 0.29) is 32.2 Å². The molecule has 0 saturated carbocycles. The molecule has 0 bridgehead atoms. The third-order valence-corrected chi connectivity index (χ3v) is 18.2. The normalized spacial score (nSPS) is 12.9. The van der Waals surface area contributed by atoms with Crippen LogP contribution >= 0.6 is 0 Å². The zero-order valence-electron chi connectivity index (χ0n) is 62.4. The van der Waals surface area contributed by atoms with Crippen molar-refractivity contribution < 1.29 is 42.9 Å². The Bertz CT molecular complexity index is 1710. The molecule has 2 atom stereocenters. The van der Waals surface area contributed by atoms with E-state index >= 15 is 0 Å². The fraction of sp³-hybridized carbons (Fsp3) is 0.845. The first-order valence-electron chi connectivity index (χ1n) is 40.4. The van der Waals surface area contributed by atoms with Crippen LogP contribution in [0, 0.1) is 0 Å². The minimum Gasteiger partial charge on any atom is -0.545 e. The van der Waals surface area contributed by atoms with Gasteiger partial charge in [0.1, 0.15) is 13.2 Å². The van der Waals surface area contributed by atoms with Crippen molar-refractivity contribution in [3.05, 3.63) is 60.8 Å². The molecular formula is C84H155NO8. The summed E-state index contributed by atoms with van der Waals surface area (Å²) in [6.45, 7) is 4.71. The molecule has 9 nitrogen and oxygen atoms in total. The molecule has 0 spiro atoms. The maximum Gasteiger partial charge on any atom is 0.306 e. The highest BCUT2D eigenvalue weighted by Gasteiger charge is 2.22. The summed E-state index contributed by atoms with van der Waals surface area (Å²) >= 11 is 0. The van der Waals surface area contributed by atoms with E-state index in [1.165, 1.54) is 308 Å². The molecule has 0 saturated heterocycles. The van der Waals surface area contributed by atoms with Crippen LogP contribution in [-0.2, 0) is 33.3 Å². The monoisotopic (exact) mass is 1310 g/mol. The number of carbonyl (C=O) groups excluding carboxylic acids is 3. The van der Waals surface area contributed by atoms with Gasteiger partial charge in [0.15, 0.2) is 12.4 Å². The zero-order valence-corrected chi connectivity index (χ0v) is 62.4. The van der Waals surface area contributed by atoms with E-state index in [9.17, 15) is 19.5 Å². The summed E-state index contributed by atoms with van der Waals surface area (Å²) in [5.74, 6) is -2.25. The summed E-state index contributed by atoms with van der Waals surface area (Å²) < 4.78 is 22.9. The van der Waals surface area contributed by atoms with Gasteiger partial charge in [-0.05, 0) is 77.0 Å². The van der Waals surface area contributed by atoms with Crippen molar-refractivity contribution in [2.75, 3.05) is 47.5 Å². The van der Waals surface area contributed by atoms with Crippen LogP contribution < -0.4 is 5.11 Å². The third-order valence-electron chi connectivity index (χ3n) is 18.2. The molecule has 0 amide bonds. The largest absolute Gasteiger partial charge is 0.545 e. The standard InChI is InChI=1S/C84H155NO8/c1-6-8-10-12-14-16-18-20-22-24-26-28-30-32-34-36-38-40-41-43-44-46-48-50-52-54-56-58-60-62-64-66-68-70-72-74-81(86)91-78-80(79-92-84(83(88)89)90-77-76-85(3,4)5)93-82(87)75-73-71-69-67-65-63-61-59-57-55-53-51-49-47-45-42-39-37-35-33-31-29-27-25-23-21-19-17-15-13-11-9-7-2/h9,11,15,17,21,23-24,26-27,29,80,84H,6-8,10,12-14,16,18-20,22,25,28,30-79H2,1-5H3/b11-9-,17-15-,23-21-,26-24-,29-27-. The second kappa shape index (κ2) is 74.8. The molecule has 93 heavy (non-hydrogen) atoms. The Morgan fingerprint density at radius 3 is 0.925 bits per heavy atom. The average Bonchev–Trinajstić information content (AvgIpc) is 3.74. The summed E-state index contributed by atoms with van der Waals surface area (Å²) in [7, 11) is 5.95. The maximum absolute atomic E-state index is 13.0. The number of carboxylic acid groups (broad SMARTS) is 1. The Kier molecular flexibility index (Phi) is 72.4. The van der Waals surface area contributed by atoms with E-state index in [1.807, 2.05) is 21.1 Å². The van der Waals surface area contributed by atoms with Crippen LogP contribution in [0.15, 0.2) is 60.8 Å². The van der Waals surface area contributed by atoms with Gasteiger partial charge in [0.25, 0.3) is 0 Å². The van der Waals surface area contributed by atoms with Crippen molar-refractivity contribution in [3.63, 3.8) is 0 Å². The summed E-state index contributed by atoms with van der Waals surface area (Å²) in [6.07, 6.45) is 96.4. The third kappa shape index (κ3) is 76.2. The number of nitrogens with zero attached hydrogens (tertiary/aromatic N) is 1. The molecule has 0 fully saturated rings. The number of carboxylic acids is 1. The first-order chi connectivity index (χ1) is 45.6. The number of ether oxygens (including phenoxy) is 4. The Morgan fingerprint density at radius 2 is 0.613 bits per heavy atom. The zero-order chi connectivity index (χ0) is 67.5. The van der Waals surface area contributed by atoms with Crippen LogP contribution in [0.5, 0.6) is 0 Å². The molecule has 0 aliphatic heterocycles. The van der Waals surface area contributed by atoms with Gasteiger partial charge in [0.05, 0.1) is 40.3 Å². The van der Waals surface area contributed by atoms with Crippen molar-refractivity contribution in [2.45, 2.75) is 411 Å². The van der Waals surface area contributed by atoms with E-state index in [0.29, 0.717) is 23.9 Å². The smallest absolute Gasteiger partial charge is 0.306 e. The molecule has 0 rings (SSSR count). The van der Waals surface area contributed by atoms with Crippen molar-refractivity contribution in [1.82, 2.24) is 0 Å². The molecule has 0 aliphatic rings. The number of esters is 2. The average molecular weight is 1310 g/mol. The fourth-order valence-corrected chi connectivity index (χ4v) is 12.1. The van der Waals surface area contributed by atoms with Gasteiger partial charge in [-0.1, -0.05) is 370 Å². The molecule has 0 aliphatic carbocycles. The first kappa shape index (κ1) is 90.0. The van der Waals surface area contributed by atoms with E-state index < -0.39 is 24.3 Å². The maximum atomic E-state index is 13.0. The minimum atomic E-state index is -1.62. The summed E-state index contributed by atoms with van der Waals surface area (Å²) in [6, 6.07) is 0. The quantitative estimate of drug-likeness (QED) is 0.0195. The van der Waals surface area contributed by atoms with Crippen LogP contribution in [0.1, 0.15) is 399 Å². The number of carbonyl (C=O) groups is 3. The number of rotatable bonds is 76. The second-order valence-corrected chi connectivity index (χ2v) is 28.7. The van der Waals surface area contributed by atoms with Gasteiger partial charge in [-0.3, -0.25) is 9.59 Å². The number of hydrogen-bond donors (Lipinski definition) is 0. The van der Waals surface area contributed by atoms with Gasteiger partial charge in [0, 0.05) is 12.8 Å². The lowest BCUT2D eigenvalue weighted by Crippen LogP contribution is -2.44. The topological polar surface area (TPSA) is 111 Å². The Morgan fingerprint density at radius 1 is 0.333 bits per heavy atom. The van der Waals surface area contributed by atoms with E-state index in [2.05, 4.69) is 74.6 Å². The molecule has 9 heteroatoms. The van der Waals surface area contributed by atoms with E-state index in [4.69, 9.17) is 18.9 Å². The Balaban J connectivity index is 3.97. The van der Waals surface area contributed by atoms with E-state index in [1.54, 1.807) is 0 Å². The lowest BCUT2D eigenvalue weighted by molar-refractivity contribution is -0.870. The van der Waals surface area contributed by atoms with Gasteiger partial charge in [-0.25, -0.2) is 0 Å². The summed E-state index contributed by atoms with van der Waals surface area (Å²) in [4.78, 5) is 37.6. The van der Waals surface area contributed by atoms with Crippen molar-refractivity contribution in [2.24, 2.45) is 0 Å². The minimum absolute atomic E-state index is 0.150. The van der Waals surface area contributed by atoms with Gasteiger partial charge < -0.3 is 33.3 Å². The fourth-order valence-electron chi connectivity index (χ4n) is 12.1. The molecule has 0 aromatic heterocycles. The lowest BCUT2D eigenvalue weighted by Gasteiger charge is -2.26. The van der Waals surface area contributed by atoms with Crippen molar-refractivity contribution in [3.8, 4) is 0 Å². The highest BCUT2D eigenvalue weighted by Crippen LogP contribution is 2.20. The second-order valence-electron chi connectivity index (χ2n) is 28.7. The summed E-state index contributed by atoms with van der Waals surface area (Å²) in [5.41, 5.74) is 0. The number of likely N-dealkylation sites (N-methyl/N-ethyl adjacent to an activating group) is 1.